The van der Waals surface area contributed by atoms with Crippen molar-refractivity contribution in [2.24, 2.45) is 0 Å². The van der Waals surface area contributed by atoms with E-state index in [9.17, 15) is 4.79 Å². The number of aryl methyl sites for hydroxylation is 2. The van der Waals surface area contributed by atoms with Gasteiger partial charge >= 0.3 is 0 Å². The number of nitrogens with one attached hydrogen (secondary N) is 1. The summed E-state index contributed by atoms with van der Waals surface area (Å²) in [5.41, 5.74) is 8.57. The van der Waals surface area contributed by atoms with E-state index in [0.717, 1.165) is 5.56 Å². The first-order chi connectivity index (χ1) is 9.54. The lowest BCUT2D eigenvalue weighted by atomic mass is 10.2. The number of carbonyl (C=O) groups is 1. The third-order valence-electron chi connectivity index (χ3n) is 2.99. The Balaban J connectivity index is 1.89. The molecule has 2 rings (SSSR count). The molecular formula is C16H18N2OS. The Morgan fingerprint density at radius 3 is 2.80 bits per heavy atom. The molecule has 20 heavy (non-hydrogen) atoms. The Hall–Kier alpha value is -2.07. The Labute approximate surface area is 123 Å². The molecule has 4 heteroatoms. The van der Waals surface area contributed by atoms with Crippen LogP contribution in [-0.4, -0.2) is 5.91 Å². The van der Waals surface area contributed by atoms with Crippen LogP contribution in [0.5, 0.6) is 0 Å². The van der Waals surface area contributed by atoms with Crippen molar-refractivity contribution < 1.29 is 4.79 Å². The molecule has 3 N–H and O–H groups in total. The summed E-state index contributed by atoms with van der Waals surface area (Å²) in [4.78, 5) is 14.2. The third-order valence-corrected chi connectivity index (χ3v) is 4.14. The van der Waals surface area contributed by atoms with Crippen molar-refractivity contribution >= 4 is 29.0 Å². The van der Waals surface area contributed by atoms with Gasteiger partial charge in [0.25, 0.3) is 0 Å². The average Bonchev–Trinajstić information content (AvgIpc) is 2.73. The van der Waals surface area contributed by atoms with Crippen molar-refractivity contribution in [3.8, 4) is 0 Å². The number of benzene rings is 1. The molecule has 0 saturated heterocycles. The average molecular weight is 286 g/mol. The number of thiophene rings is 1. The Morgan fingerprint density at radius 1 is 1.35 bits per heavy atom. The zero-order valence-electron chi connectivity index (χ0n) is 11.6. The molecule has 1 aromatic heterocycles. The van der Waals surface area contributed by atoms with Gasteiger partial charge in [-0.2, -0.15) is 0 Å². The van der Waals surface area contributed by atoms with E-state index in [4.69, 9.17) is 5.73 Å². The molecule has 1 amide bonds. The SMILES string of the molecule is Cc1cc(CNC(=O)/C=C/c2cccc(N)c2)sc1C. The van der Waals surface area contributed by atoms with Crippen LogP contribution in [0.2, 0.25) is 0 Å². The molecule has 2 aromatic rings. The molecule has 1 aromatic carbocycles. The molecule has 0 radical (unpaired) electrons. The van der Waals surface area contributed by atoms with E-state index in [1.807, 2.05) is 24.3 Å². The van der Waals surface area contributed by atoms with E-state index in [-0.39, 0.29) is 5.91 Å². The maximum atomic E-state index is 11.7. The Kier molecular flexibility index (Phi) is 4.58. The van der Waals surface area contributed by atoms with Crippen LogP contribution in [0.15, 0.2) is 36.4 Å². The molecule has 0 saturated carbocycles. The van der Waals surface area contributed by atoms with Crippen molar-refractivity contribution in [1.82, 2.24) is 5.32 Å². The zero-order chi connectivity index (χ0) is 14.5. The molecule has 0 aliphatic carbocycles. The number of hydrogen-bond donors (Lipinski definition) is 2. The summed E-state index contributed by atoms with van der Waals surface area (Å²) in [6.45, 7) is 4.74. The predicted octanol–water partition coefficient (Wildman–Crippen LogP) is 3.28. The molecule has 104 valence electrons. The lowest BCUT2D eigenvalue weighted by Crippen LogP contribution is -2.19. The molecule has 0 unspecified atom stereocenters. The lowest BCUT2D eigenvalue weighted by Gasteiger charge is -1.99. The highest BCUT2D eigenvalue weighted by Gasteiger charge is 2.02. The summed E-state index contributed by atoms with van der Waals surface area (Å²) >= 11 is 1.72. The van der Waals surface area contributed by atoms with Crippen LogP contribution in [0.4, 0.5) is 5.69 Å². The molecule has 0 fully saturated rings. The number of hydrogen-bond acceptors (Lipinski definition) is 3. The number of amides is 1. The van der Waals surface area contributed by atoms with Crippen molar-refractivity contribution in [2.45, 2.75) is 20.4 Å². The van der Waals surface area contributed by atoms with Crippen molar-refractivity contribution in [3.05, 3.63) is 57.3 Å². The second-order valence-corrected chi connectivity index (χ2v) is 6.01. The van der Waals surface area contributed by atoms with Crippen molar-refractivity contribution in [3.63, 3.8) is 0 Å². The number of anilines is 1. The monoisotopic (exact) mass is 286 g/mol. The Bertz CT molecular complexity index is 624. The van der Waals surface area contributed by atoms with Crippen molar-refractivity contribution in [2.75, 3.05) is 5.73 Å². The molecule has 3 nitrogen and oxygen atoms in total. The van der Waals surface area contributed by atoms with E-state index < -0.39 is 0 Å². The number of carbonyl (C=O) groups excluding carboxylic acids is 1. The third kappa shape index (κ3) is 3.96. The van der Waals surface area contributed by atoms with Crippen LogP contribution in [0.25, 0.3) is 6.08 Å². The quantitative estimate of drug-likeness (QED) is 0.669. The van der Waals surface area contributed by atoms with Crippen LogP contribution in [0, 0.1) is 13.8 Å². The lowest BCUT2D eigenvalue weighted by molar-refractivity contribution is -0.116. The first-order valence-electron chi connectivity index (χ1n) is 6.42. The second-order valence-electron chi connectivity index (χ2n) is 4.67. The summed E-state index contributed by atoms with van der Waals surface area (Å²) in [7, 11) is 0. The molecule has 0 aliphatic heterocycles. The number of rotatable bonds is 4. The first-order valence-corrected chi connectivity index (χ1v) is 7.23. The van der Waals surface area contributed by atoms with Crippen LogP contribution >= 0.6 is 11.3 Å². The van der Waals surface area contributed by atoms with Gasteiger partial charge in [0.15, 0.2) is 0 Å². The van der Waals surface area contributed by atoms with Gasteiger partial charge in [-0.05, 0) is 49.2 Å². The van der Waals surface area contributed by atoms with E-state index in [1.165, 1.54) is 21.4 Å². The van der Waals surface area contributed by atoms with Crippen molar-refractivity contribution in [1.29, 1.82) is 0 Å². The molecule has 0 aliphatic rings. The van der Waals surface area contributed by atoms with E-state index in [2.05, 4.69) is 25.2 Å². The van der Waals surface area contributed by atoms with E-state index >= 15 is 0 Å². The van der Waals surface area contributed by atoms with Gasteiger partial charge in [0.1, 0.15) is 0 Å². The van der Waals surface area contributed by atoms with Gasteiger partial charge in [-0.3, -0.25) is 4.79 Å². The van der Waals surface area contributed by atoms with Gasteiger partial charge in [-0.1, -0.05) is 12.1 Å². The van der Waals surface area contributed by atoms with Gasteiger partial charge in [-0.15, -0.1) is 11.3 Å². The second kappa shape index (κ2) is 6.39. The van der Waals surface area contributed by atoms with E-state index in [0.29, 0.717) is 12.2 Å². The van der Waals surface area contributed by atoms with Crippen LogP contribution in [0.1, 0.15) is 20.9 Å². The molecule has 0 bridgehead atoms. The highest BCUT2D eigenvalue weighted by Crippen LogP contribution is 2.20. The summed E-state index contributed by atoms with van der Waals surface area (Å²) in [5.74, 6) is -0.101. The Morgan fingerprint density at radius 2 is 2.15 bits per heavy atom. The minimum atomic E-state index is -0.101. The predicted molar refractivity (Wildman–Crippen MR) is 85.5 cm³/mol. The van der Waals surface area contributed by atoms with Gasteiger partial charge in [0.05, 0.1) is 6.54 Å². The summed E-state index contributed by atoms with van der Waals surface area (Å²) < 4.78 is 0. The van der Waals surface area contributed by atoms with Gasteiger partial charge in [0, 0.05) is 21.5 Å². The standard InChI is InChI=1S/C16H18N2OS/c1-11-8-15(20-12(11)2)10-18-16(19)7-6-13-4-3-5-14(17)9-13/h3-9H,10,17H2,1-2H3,(H,18,19)/b7-6+. The molecule has 0 atom stereocenters. The minimum Gasteiger partial charge on any atom is -0.399 e. The molecular weight excluding hydrogens is 268 g/mol. The summed E-state index contributed by atoms with van der Waals surface area (Å²) in [5, 5.41) is 2.88. The van der Waals surface area contributed by atoms with Gasteiger partial charge in [0.2, 0.25) is 5.91 Å². The smallest absolute Gasteiger partial charge is 0.244 e. The van der Waals surface area contributed by atoms with Crippen LogP contribution < -0.4 is 11.1 Å². The first kappa shape index (κ1) is 14.3. The van der Waals surface area contributed by atoms with Gasteiger partial charge < -0.3 is 11.1 Å². The van der Waals surface area contributed by atoms with Crippen LogP contribution in [0.3, 0.4) is 0 Å². The normalized spacial score (nSPS) is 10.9. The fourth-order valence-electron chi connectivity index (χ4n) is 1.80. The highest BCUT2D eigenvalue weighted by atomic mass is 32.1. The molecule has 0 spiro atoms. The number of nitrogen functional groups attached to an aromatic ring is 1. The topological polar surface area (TPSA) is 55.1 Å². The summed E-state index contributed by atoms with van der Waals surface area (Å²) in [6, 6.07) is 9.53. The van der Waals surface area contributed by atoms with E-state index in [1.54, 1.807) is 17.4 Å². The zero-order valence-corrected chi connectivity index (χ0v) is 12.5. The largest absolute Gasteiger partial charge is 0.399 e. The minimum absolute atomic E-state index is 0.101. The fourth-order valence-corrected chi connectivity index (χ4v) is 2.80. The van der Waals surface area contributed by atoms with Crippen LogP contribution in [-0.2, 0) is 11.3 Å². The number of nitrogens with two attached hydrogens (primary N) is 1. The molecule has 1 heterocycles. The fraction of sp³-hybridized carbons (Fsp3) is 0.188. The maximum absolute atomic E-state index is 11.7. The highest BCUT2D eigenvalue weighted by molar-refractivity contribution is 7.12. The van der Waals surface area contributed by atoms with Gasteiger partial charge in [-0.25, -0.2) is 0 Å². The maximum Gasteiger partial charge on any atom is 0.244 e. The summed E-state index contributed by atoms with van der Waals surface area (Å²) in [6.07, 6.45) is 3.29.